The number of aromatic nitrogens is 4. The summed E-state index contributed by atoms with van der Waals surface area (Å²) in [5.74, 6) is -1.22. The molecule has 12 heteroatoms. The SMILES string of the molecule is CCOC(=O)C(C#N)=c1nc2c(nc1C#N)=C(O)c1ccccc1-2.N#Cc1nc2c(nc1C#N)-c1ccccc1C2=O. The maximum atomic E-state index is 12.1. The Labute approximate surface area is 237 Å². The predicted molar refractivity (Wildman–Crippen MR) is 143 cm³/mol. The molecule has 0 saturated heterocycles. The number of benzene rings is 2. The van der Waals surface area contributed by atoms with Crippen LogP contribution in [0.4, 0.5) is 0 Å². The van der Waals surface area contributed by atoms with E-state index in [1.807, 2.05) is 6.07 Å². The second-order valence-corrected chi connectivity index (χ2v) is 8.55. The highest BCUT2D eigenvalue weighted by Gasteiger charge is 2.31. The third kappa shape index (κ3) is 4.24. The molecule has 0 radical (unpaired) electrons. The Morgan fingerprint density at radius 2 is 1.31 bits per heavy atom. The summed E-state index contributed by atoms with van der Waals surface area (Å²) in [6, 6.07) is 21.0. The third-order valence-electron chi connectivity index (χ3n) is 6.24. The van der Waals surface area contributed by atoms with Crippen molar-refractivity contribution in [2.24, 2.45) is 0 Å². The van der Waals surface area contributed by atoms with Gasteiger partial charge in [-0.25, -0.2) is 24.7 Å². The molecule has 0 saturated carbocycles. The van der Waals surface area contributed by atoms with Gasteiger partial charge in [-0.2, -0.15) is 21.0 Å². The zero-order valence-corrected chi connectivity index (χ0v) is 21.6. The van der Waals surface area contributed by atoms with Crippen LogP contribution in [0.25, 0.3) is 33.8 Å². The normalized spacial score (nSPS) is 12.0. The van der Waals surface area contributed by atoms with Gasteiger partial charge in [-0.15, -0.1) is 0 Å². The van der Waals surface area contributed by atoms with E-state index in [4.69, 9.17) is 15.3 Å². The number of hydrogen-bond acceptors (Lipinski definition) is 12. The molecule has 42 heavy (non-hydrogen) atoms. The van der Waals surface area contributed by atoms with Crippen LogP contribution in [0.1, 0.15) is 45.6 Å². The number of nitrogens with zero attached hydrogens (tertiary/aromatic N) is 8. The average Bonchev–Trinajstić information content (AvgIpc) is 3.46. The highest BCUT2D eigenvalue weighted by atomic mass is 16.5. The molecule has 2 heterocycles. The maximum absolute atomic E-state index is 12.1. The number of carbonyl (C=O) groups is 2. The van der Waals surface area contributed by atoms with Crippen LogP contribution in [0.15, 0.2) is 48.5 Å². The van der Waals surface area contributed by atoms with Crippen molar-refractivity contribution in [2.75, 3.05) is 6.61 Å². The Balaban J connectivity index is 0.000000175. The van der Waals surface area contributed by atoms with Crippen molar-refractivity contribution in [3.05, 3.63) is 93.1 Å². The Bertz CT molecular complexity index is 2160. The van der Waals surface area contributed by atoms with Gasteiger partial charge in [0.05, 0.1) is 6.61 Å². The molecule has 0 amide bonds. The molecule has 2 aromatic heterocycles. The van der Waals surface area contributed by atoms with Gasteiger partial charge in [-0.05, 0) is 6.92 Å². The number of ether oxygens (including phenoxy) is 1. The van der Waals surface area contributed by atoms with Crippen LogP contribution in [-0.4, -0.2) is 43.4 Å². The first kappa shape index (κ1) is 26.8. The van der Waals surface area contributed by atoms with Crippen molar-refractivity contribution in [2.45, 2.75) is 6.92 Å². The van der Waals surface area contributed by atoms with E-state index in [1.54, 1.807) is 73.7 Å². The first-order valence-corrected chi connectivity index (χ1v) is 12.2. The standard InChI is InChI=1S/C17H10N4O3.C13H4N4O/c1-2-24-17(23)11(7-18)13-12(8-19)20-15-14(21-13)9-5-3-4-6-10(9)16(15)22;14-5-9-10(6-15)17-12-11(16-9)7-3-1-2-4-8(7)13(12)18/h3-6,22H,2H2,1H3;1-4H. The fourth-order valence-corrected chi connectivity index (χ4v) is 4.42. The highest BCUT2D eigenvalue weighted by Crippen LogP contribution is 2.34. The van der Waals surface area contributed by atoms with Gasteiger partial charge in [-0.1, -0.05) is 48.5 Å². The summed E-state index contributed by atoms with van der Waals surface area (Å²) in [5.41, 5.74) is 2.36. The van der Waals surface area contributed by atoms with E-state index in [0.717, 1.165) is 0 Å². The summed E-state index contributed by atoms with van der Waals surface area (Å²) in [7, 11) is 0. The molecule has 2 aromatic carbocycles. The second kappa shape index (κ2) is 10.8. The lowest BCUT2D eigenvalue weighted by molar-refractivity contribution is -0.136. The molecule has 2 aliphatic carbocycles. The molecule has 0 spiro atoms. The van der Waals surface area contributed by atoms with E-state index in [-0.39, 0.29) is 51.6 Å². The summed E-state index contributed by atoms with van der Waals surface area (Å²) in [6.45, 7) is 1.69. The number of fused-ring (bicyclic) bond motifs is 6. The molecule has 1 N–H and O–H groups in total. The fourth-order valence-electron chi connectivity index (χ4n) is 4.42. The van der Waals surface area contributed by atoms with Crippen molar-refractivity contribution < 1.29 is 19.4 Å². The number of nitriles is 4. The Morgan fingerprint density at radius 1 is 0.762 bits per heavy atom. The van der Waals surface area contributed by atoms with Crippen molar-refractivity contribution in [3.8, 4) is 46.8 Å². The largest absolute Gasteiger partial charge is 0.505 e. The van der Waals surface area contributed by atoms with E-state index >= 15 is 0 Å². The lowest BCUT2D eigenvalue weighted by Gasteiger charge is -2.02. The molecule has 0 unspecified atom stereocenters. The number of aliphatic hydroxyl groups excluding tert-OH is 1. The van der Waals surface area contributed by atoms with Crippen molar-refractivity contribution in [3.63, 3.8) is 0 Å². The number of aliphatic hydroxyl groups is 1. The van der Waals surface area contributed by atoms with E-state index in [2.05, 4.69) is 19.9 Å². The summed E-state index contributed by atoms with van der Waals surface area (Å²) in [6.07, 6.45) is 0. The zero-order chi connectivity index (χ0) is 30.0. The zero-order valence-electron chi connectivity index (χ0n) is 21.6. The number of carbonyl (C=O) groups excluding carboxylic acids is 2. The van der Waals surface area contributed by atoms with Crippen LogP contribution in [-0.2, 0) is 9.53 Å². The Hall–Kier alpha value is -6.76. The second-order valence-electron chi connectivity index (χ2n) is 8.55. The minimum absolute atomic E-state index is 0.0549. The molecule has 0 aliphatic heterocycles. The molecule has 0 fully saturated rings. The smallest absolute Gasteiger partial charge is 0.351 e. The van der Waals surface area contributed by atoms with Gasteiger partial charge in [0.1, 0.15) is 52.1 Å². The number of hydrogen-bond donors (Lipinski definition) is 1. The monoisotopic (exact) mass is 550 g/mol. The van der Waals surface area contributed by atoms with Gasteiger partial charge in [0.2, 0.25) is 5.78 Å². The molecule has 0 atom stereocenters. The first-order valence-electron chi connectivity index (χ1n) is 12.2. The van der Waals surface area contributed by atoms with Crippen LogP contribution in [0.3, 0.4) is 0 Å². The van der Waals surface area contributed by atoms with Crippen molar-refractivity contribution >= 4 is 23.1 Å². The molecule has 198 valence electrons. The first-order chi connectivity index (χ1) is 20.4. The molecule has 2 aliphatic rings. The number of esters is 1. The van der Waals surface area contributed by atoms with Gasteiger partial charge in [-0.3, -0.25) is 4.79 Å². The molecular weight excluding hydrogens is 536 g/mol. The predicted octanol–water partition coefficient (Wildman–Crippen LogP) is 1.71. The third-order valence-corrected chi connectivity index (χ3v) is 6.24. The van der Waals surface area contributed by atoms with Crippen molar-refractivity contribution in [1.82, 2.24) is 19.9 Å². The van der Waals surface area contributed by atoms with Crippen LogP contribution < -0.4 is 10.7 Å². The van der Waals surface area contributed by atoms with Gasteiger partial charge in [0.25, 0.3) is 0 Å². The lowest BCUT2D eigenvalue weighted by Crippen LogP contribution is -2.29. The number of rotatable bonds is 2. The summed E-state index contributed by atoms with van der Waals surface area (Å²) in [4.78, 5) is 40.4. The minimum Gasteiger partial charge on any atom is -0.505 e. The van der Waals surface area contributed by atoms with Gasteiger partial charge in [0.15, 0.2) is 28.4 Å². The van der Waals surface area contributed by atoms with Crippen LogP contribution in [0.2, 0.25) is 0 Å². The maximum Gasteiger partial charge on any atom is 0.351 e. The van der Waals surface area contributed by atoms with E-state index < -0.39 is 11.5 Å². The van der Waals surface area contributed by atoms with Gasteiger partial charge < -0.3 is 9.84 Å². The van der Waals surface area contributed by atoms with Gasteiger partial charge in [0, 0.05) is 22.3 Å². The lowest BCUT2D eigenvalue weighted by atomic mass is 10.1. The van der Waals surface area contributed by atoms with E-state index in [9.17, 15) is 25.2 Å². The molecule has 0 bridgehead atoms. The quantitative estimate of drug-likeness (QED) is 0.311. The average molecular weight is 550 g/mol. The highest BCUT2D eigenvalue weighted by molar-refractivity contribution is 6.19. The fraction of sp³-hybridized carbons (Fsp3) is 0.0667. The summed E-state index contributed by atoms with van der Waals surface area (Å²) >= 11 is 0. The van der Waals surface area contributed by atoms with Crippen LogP contribution in [0.5, 0.6) is 0 Å². The van der Waals surface area contributed by atoms with Crippen LogP contribution >= 0.6 is 0 Å². The summed E-state index contributed by atoms with van der Waals surface area (Å²) < 4.78 is 4.83. The summed E-state index contributed by atoms with van der Waals surface area (Å²) in [5, 5.41) is 46.6. The van der Waals surface area contributed by atoms with E-state index in [1.165, 1.54) is 0 Å². The Kier molecular flexibility index (Phi) is 6.89. The van der Waals surface area contributed by atoms with E-state index in [0.29, 0.717) is 33.6 Å². The number of ketones is 1. The molecular formula is C30H14N8O4. The molecule has 4 aromatic rings. The van der Waals surface area contributed by atoms with Gasteiger partial charge >= 0.3 is 5.97 Å². The van der Waals surface area contributed by atoms with Crippen LogP contribution in [0, 0.1) is 45.3 Å². The topological polar surface area (TPSA) is 210 Å². The van der Waals surface area contributed by atoms with Crippen molar-refractivity contribution in [1.29, 1.82) is 21.0 Å². The molecule has 12 nitrogen and oxygen atoms in total. The molecule has 6 rings (SSSR count). The Morgan fingerprint density at radius 3 is 1.88 bits per heavy atom. The minimum atomic E-state index is -0.870.